The molecule has 1 aliphatic carbocycles. The zero-order chi connectivity index (χ0) is 15.5. The van der Waals surface area contributed by atoms with Gasteiger partial charge in [-0.05, 0) is 36.9 Å². The van der Waals surface area contributed by atoms with Gasteiger partial charge in [0.1, 0.15) is 0 Å². The van der Waals surface area contributed by atoms with E-state index in [-0.39, 0.29) is 35.7 Å². The molecule has 3 rings (SSSR count). The molecule has 1 heterocycles. The Hall–Kier alpha value is -1.85. The van der Waals surface area contributed by atoms with Gasteiger partial charge >= 0.3 is 0 Å². The molecule has 0 unspecified atom stereocenters. The lowest BCUT2D eigenvalue weighted by Crippen LogP contribution is -2.34. The number of para-hydroxylation sites is 1. The van der Waals surface area contributed by atoms with Crippen molar-refractivity contribution in [3.05, 3.63) is 46.2 Å². The average molecular weight is 336 g/mol. The summed E-state index contributed by atoms with van der Waals surface area (Å²) in [7, 11) is 0. The smallest absolute Gasteiger partial charge is 0.248 e. The fourth-order valence-electron chi connectivity index (χ4n) is 3.40. The SMILES string of the molecule is Cl.NC[C@H]1CCC[C@H]1C(=O)NCc1cc(=O)[nH]c2ccccc12. The van der Waals surface area contributed by atoms with E-state index < -0.39 is 0 Å². The molecule has 1 amide bonds. The van der Waals surface area contributed by atoms with Crippen molar-refractivity contribution in [2.45, 2.75) is 25.8 Å². The van der Waals surface area contributed by atoms with Crippen molar-refractivity contribution in [2.75, 3.05) is 6.54 Å². The number of pyridine rings is 1. The molecule has 2 aromatic rings. The number of carbonyl (C=O) groups is 1. The molecule has 1 saturated carbocycles. The maximum Gasteiger partial charge on any atom is 0.248 e. The average Bonchev–Trinajstić information content (AvgIpc) is 3.00. The van der Waals surface area contributed by atoms with Crippen LogP contribution in [0.3, 0.4) is 0 Å². The molecule has 4 N–H and O–H groups in total. The third kappa shape index (κ3) is 3.74. The highest BCUT2D eigenvalue weighted by molar-refractivity contribution is 5.85. The lowest BCUT2D eigenvalue weighted by molar-refractivity contribution is -0.126. The first-order valence-corrected chi connectivity index (χ1v) is 7.78. The van der Waals surface area contributed by atoms with E-state index in [9.17, 15) is 9.59 Å². The first-order valence-electron chi connectivity index (χ1n) is 7.78. The molecule has 0 bridgehead atoms. The maximum absolute atomic E-state index is 12.4. The molecule has 23 heavy (non-hydrogen) atoms. The van der Waals surface area contributed by atoms with Gasteiger partial charge in [0.2, 0.25) is 11.5 Å². The molecule has 2 atom stereocenters. The van der Waals surface area contributed by atoms with Gasteiger partial charge in [-0.15, -0.1) is 12.4 Å². The predicted molar refractivity (Wildman–Crippen MR) is 93.5 cm³/mol. The summed E-state index contributed by atoms with van der Waals surface area (Å²) in [5.41, 5.74) is 7.22. The molecular formula is C17H22ClN3O2. The number of hydrogen-bond donors (Lipinski definition) is 3. The van der Waals surface area contributed by atoms with Crippen LogP contribution >= 0.6 is 12.4 Å². The summed E-state index contributed by atoms with van der Waals surface area (Å²) in [6, 6.07) is 9.17. The van der Waals surface area contributed by atoms with Crippen LogP contribution in [0.15, 0.2) is 35.1 Å². The number of aromatic nitrogens is 1. The Labute approximate surface area is 141 Å². The molecule has 1 fully saturated rings. The first-order chi connectivity index (χ1) is 10.7. The highest BCUT2D eigenvalue weighted by atomic mass is 35.5. The third-order valence-corrected chi connectivity index (χ3v) is 4.59. The van der Waals surface area contributed by atoms with Crippen LogP contribution in [0.4, 0.5) is 0 Å². The minimum absolute atomic E-state index is 0. The van der Waals surface area contributed by atoms with Crippen molar-refractivity contribution >= 4 is 29.2 Å². The van der Waals surface area contributed by atoms with E-state index in [2.05, 4.69) is 10.3 Å². The van der Waals surface area contributed by atoms with Crippen molar-refractivity contribution in [1.29, 1.82) is 0 Å². The molecular weight excluding hydrogens is 314 g/mol. The number of halogens is 1. The fraction of sp³-hybridized carbons (Fsp3) is 0.412. The van der Waals surface area contributed by atoms with Crippen molar-refractivity contribution in [3.63, 3.8) is 0 Å². The summed E-state index contributed by atoms with van der Waals surface area (Å²) in [6.07, 6.45) is 3.00. The van der Waals surface area contributed by atoms with Crippen LogP contribution in [0.25, 0.3) is 10.9 Å². The highest BCUT2D eigenvalue weighted by Crippen LogP contribution is 2.31. The van der Waals surface area contributed by atoms with Crippen LogP contribution in [-0.4, -0.2) is 17.4 Å². The Kier molecular flexibility index (Phi) is 5.80. The number of carbonyl (C=O) groups excluding carboxylic acids is 1. The number of fused-ring (bicyclic) bond motifs is 1. The molecule has 124 valence electrons. The minimum Gasteiger partial charge on any atom is -0.352 e. The molecule has 0 saturated heterocycles. The molecule has 0 aliphatic heterocycles. The molecule has 1 aromatic heterocycles. The summed E-state index contributed by atoms with van der Waals surface area (Å²) in [5, 5.41) is 3.94. The normalized spacial score (nSPS) is 20.2. The topological polar surface area (TPSA) is 88.0 Å². The zero-order valence-corrected chi connectivity index (χ0v) is 13.7. The molecule has 0 radical (unpaired) electrons. The van der Waals surface area contributed by atoms with Crippen molar-refractivity contribution in [3.8, 4) is 0 Å². The first kappa shape index (κ1) is 17.5. The Morgan fingerprint density at radius 3 is 2.87 bits per heavy atom. The monoisotopic (exact) mass is 335 g/mol. The summed E-state index contributed by atoms with van der Waals surface area (Å²) in [5.74, 6) is 0.353. The molecule has 1 aromatic carbocycles. The predicted octanol–water partition coefficient (Wildman–Crippen LogP) is 1.94. The number of benzene rings is 1. The lowest BCUT2D eigenvalue weighted by atomic mass is 9.95. The van der Waals surface area contributed by atoms with Gasteiger partial charge in [0, 0.05) is 29.4 Å². The fourth-order valence-corrected chi connectivity index (χ4v) is 3.40. The number of H-pyrrole nitrogens is 1. The van der Waals surface area contributed by atoms with Crippen LogP contribution in [-0.2, 0) is 11.3 Å². The molecule has 5 nitrogen and oxygen atoms in total. The van der Waals surface area contributed by atoms with Gasteiger partial charge in [-0.3, -0.25) is 9.59 Å². The van der Waals surface area contributed by atoms with Gasteiger partial charge in [-0.2, -0.15) is 0 Å². The number of nitrogens with one attached hydrogen (secondary N) is 2. The van der Waals surface area contributed by atoms with Gasteiger partial charge in [0.15, 0.2) is 0 Å². The molecule has 1 aliphatic rings. The van der Waals surface area contributed by atoms with E-state index in [0.29, 0.717) is 13.1 Å². The summed E-state index contributed by atoms with van der Waals surface area (Å²) in [6.45, 7) is 0.934. The maximum atomic E-state index is 12.4. The Bertz CT molecular complexity index is 744. The Morgan fingerprint density at radius 1 is 1.30 bits per heavy atom. The van der Waals surface area contributed by atoms with Crippen LogP contribution in [0, 0.1) is 11.8 Å². The van der Waals surface area contributed by atoms with Gasteiger partial charge in [0.25, 0.3) is 0 Å². The second kappa shape index (κ2) is 7.62. The van der Waals surface area contributed by atoms with Gasteiger partial charge in [0.05, 0.1) is 0 Å². The van der Waals surface area contributed by atoms with E-state index in [1.54, 1.807) is 6.07 Å². The minimum atomic E-state index is -0.149. The van der Waals surface area contributed by atoms with Gasteiger partial charge in [-0.1, -0.05) is 24.6 Å². The highest BCUT2D eigenvalue weighted by Gasteiger charge is 2.31. The number of aromatic amines is 1. The third-order valence-electron chi connectivity index (χ3n) is 4.59. The largest absolute Gasteiger partial charge is 0.352 e. The Morgan fingerprint density at radius 2 is 2.09 bits per heavy atom. The quantitative estimate of drug-likeness (QED) is 0.797. The van der Waals surface area contributed by atoms with Gasteiger partial charge in [-0.25, -0.2) is 0 Å². The van der Waals surface area contributed by atoms with Crippen LogP contribution in [0.1, 0.15) is 24.8 Å². The van der Waals surface area contributed by atoms with E-state index in [0.717, 1.165) is 35.7 Å². The van der Waals surface area contributed by atoms with Crippen molar-refractivity contribution in [1.82, 2.24) is 10.3 Å². The van der Waals surface area contributed by atoms with Crippen LogP contribution in [0.5, 0.6) is 0 Å². The van der Waals surface area contributed by atoms with Crippen LogP contribution < -0.4 is 16.6 Å². The van der Waals surface area contributed by atoms with Crippen molar-refractivity contribution < 1.29 is 4.79 Å². The lowest BCUT2D eigenvalue weighted by Gasteiger charge is -2.17. The number of nitrogens with two attached hydrogens (primary N) is 1. The Balaban J connectivity index is 0.00000192. The summed E-state index contributed by atoms with van der Waals surface area (Å²) in [4.78, 5) is 26.9. The van der Waals surface area contributed by atoms with E-state index in [1.807, 2.05) is 24.3 Å². The van der Waals surface area contributed by atoms with Crippen molar-refractivity contribution in [2.24, 2.45) is 17.6 Å². The zero-order valence-electron chi connectivity index (χ0n) is 12.9. The van der Waals surface area contributed by atoms with E-state index in [4.69, 9.17) is 5.73 Å². The molecule has 6 heteroatoms. The standard InChI is InChI=1S/C17H21N3O2.ClH/c18-9-11-4-3-6-14(11)17(22)19-10-12-8-16(21)20-15-7-2-1-5-13(12)15;/h1-2,5,7-8,11,14H,3-4,6,9-10,18H2,(H,19,22)(H,20,21);1H/t11-,14-;/m1./s1. The van der Waals surface area contributed by atoms with Gasteiger partial charge < -0.3 is 16.0 Å². The second-order valence-corrected chi connectivity index (χ2v) is 5.96. The second-order valence-electron chi connectivity index (χ2n) is 5.96. The number of rotatable bonds is 4. The summed E-state index contributed by atoms with van der Waals surface area (Å²) < 4.78 is 0. The van der Waals surface area contributed by atoms with E-state index in [1.165, 1.54) is 0 Å². The molecule has 0 spiro atoms. The number of hydrogen-bond acceptors (Lipinski definition) is 3. The van der Waals surface area contributed by atoms with Crippen LogP contribution in [0.2, 0.25) is 0 Å². The number of amides is 1. The summed E-state index contributed by atoms with van der Waals surface area (Å²) >= 11 is 0. The van der Waals surface area contributed by atoms with E-state index >= 15 is 0 Å².